The van der Waals surface area contributed by atoms with Crippen LogP contribution < -0.4 is 10.6 Å². The van der Waals surface area contributed by atoms with Crippen molar-refractivity contribution < 1.29 is 43.0 Å². The van der Waals surface area contributed by atoms with Gasteiger partial charge < -0.3 is 29.7 Å². The summed E-state index contributed by atoms with van der Waals surface area (Å²) in [7, 11) is 2.69. The van der Waals surface area contributed by atoms with Crippen LogP contribution in [0.4, 0.5) is 5.13 Å². The van der Waals surface area contributed by atoms with E-state index in [0.29, 0.717) is 17.7 Å². The van der Waals surface area contributed by atoms with E-state index in [1.54, 1.807) is 20.8 Å². The van der Waals surface area contributed by atoms with Gasteiger partial charge >= 0.3 is 11.9 Å². The van der Waals surface area contributed by atoms with E-state index in [2.05, 4.69) is 20.8 Å². The average molecular weight is 570 g/mol. The summed E-state index contributed by atoms with van der Waals surface area (Å²) in [6.07, 6.45) is 0.445. The molecule has 206 valence electrons. The first-order valence-corrected chi connectivity index (χ1v) is 13.0. The number of esters is 2. The molecule has 3 amide bonds. The maximum atomic E-state index is 13.1. The van der Waals surface area contributed by atoms with Crippen molar-refractivity contribution in [2.24, 2.45) is 10.6 Å². The van der Waals surface area contributed by atoms with Crippen LogP contribution in [0.15, 0.2) is 21.8 Å². The minimum atomic E-state index is -0.980. The second-order valence-corrected chi connectivity index (χ2v) is 10.9. The second-order valence-electron chi connectivity index (χ2n) is 8.90. The molecule has 0 aliphatic carbocycles. The summed E-state index contributed by atoms with van der Waals surface area (Å²) in [5.74, 6) is -2.38. The summed E-state index contributed by atoms with van der Waals surface area (Å²) >= 11 is 2.40. The summed E-state index contributed by atoms with van der Waals surface area (Å²) in [6, 6.07) is -0.980. The summed E-state index contributed by atoms with van der Waals surface area (Å²) < 4.78 is 15.3. The number of aromatic nitrogens is 1. The van der Waals surface area contributed by atoms with Crippen molar-refractivity contribution in [3.8, 4) is 0 Å². The Labute approximate surface area is 226 Å². The monoisotopic (exact) mass is 569 g/mol. The van der Waals surface area contributed by atoms with Crippen LogP contribution in [0, 0.1) is 5.41 Å². The quantitative estimate of drug-likeness (QED) is 0.0945. The van der Waals surface area contributed by atoms with Crippen molar-refractivity contribution in [2.45, 2.75) is 32.2 Å². The Kier molecular flexibility index (Phi) is 9.45. The van der Waals surface area contributed by atoms with E-state index in [4.69, 9.17) is 19.0 Å². The fourth-order valence-corrected chi connectivity index (χ4v) is 5.37. The first kappa shape index (κ1) is 29.1. The zero-order valence-corrected chi connectivity index (χ0v) is 22.9. The van der Waals surface area contributed by atoms with Crippen molar-refractivity contribution in [1.29, 1.82) is 0 Å². The van der Waals surface area contributed by atoms with E-state index >= 15 is 0 Å². The minimum absolute atomic E-state index is 0.0206. The molecule has 3 heterocycles. The molecule has 2 aliphatic rings. The molecule has 1 fully saturated rings. The van der Waals surface area contributed by atoms with Gasteiger partial charge in [-0.1, -0.05) is 5.16 Å². The smallest absolute Gasteiger partial charge is 0.358 e. The van der Waals surface area contributed by atoms with Gasteiger partial charge in [-0.3, -0.25) is 24.1 Å². The standard InChI is InChI=1S/C22H27N5O9S2/c1-22(2,3)20(32)36-10-35-19(31)15-11(6-33-4)7-37-18-14(17(30)27(15)18)25-16(29)13(26-34-5)12-8-38-21(24-12)23-9-28/h8-9,14,18H,6-7,10H2,1-5H3,(H,25,29)(H,23,24,28)/b26-13-/t14?,18-/m1/s1. The SMILES string of the molecule is COCC1=C(C(=O)OCOC(=O)C(C)(C)C)N2C(=O)C(NC(=O)/C(=N\OC)c3csc(NC=O)n3)[C@H]2SC1. The average Bonchev–Trinajstić information content (AvgIpc) is 3.33. The number of amides is 3. The number of carbonyl (C=O) groups is 5. The lowest BCUT2D eigenvalue weighted by atomic mass is 9.98. The topological polar surface area (TPSA) is 175 Å². The molecule has 1 unspecified atom stereocenters. The fourth-order valence-electron chi connectivity index (χ4n) is 3.38. The number of hydrogen-bond donors (Lipinski definition) is 2. The summed E-state index contributed by atoms with van der Waals surface area (Å²) in [5.41, 5.74) is -0.360. The third-order valence-electron chi connectivity index (χ3n) is 5.17. The molecule has 0 aromatic carbocycles. The van der Waals surface area contributed by atoms with Gasteiger partial charge in [0.15, 0.2) is 10.8 Å². The highest BCUT2D eigenvalue weighted by molar-refractivity contribution is 8.00. The molecule has 16 heteroatoms. The van der Waals surface area contributed by atoms with Gasteiger partial charge in [0, 0.05) is 18.2 Å². The van der Waals surface area contributed by atoms with Crippen LogP contribution in [0.1, 0.15) is 26.5 Å². The number of methoxy groups -OCH3 is 1. The van der Waals surface area contributed by atoms with Gasteiger partial charge in [-0.05, 0) is 26.3 Å². The number of anilines is 1. The van der Waals surface area contributed by atoms with E-state index in [0.717, 1.165) is 11.3 Å². The number of hydrogen-bond acceptors (Lipinski definition) is 13. The normalized spacial score (nSPS) is 19.2. The second kappa shape index (κ2) is 12.4. The third kappa shape index (κ3) is 6.31. The predicted molar refractivity (Wildman–Crippen MR) is 136 cm³/mol. The number of carbonyl (C=O) groups excluding carboxylic acids is 5. The lowest BCUT2D eigenvalue weighted by Crippen LogP contribution is -2.71. The van der Waals surface area contributed by atoms with Gasteiger partial charge in [0.2, 0.25) is 13.2 Å². The number of β-lactam (4-membered cyclic amide) rings is 1. The molecule has 3 rings (SSSR count). The number of thiazole rings is 1. The molecule has 1 saturated heterocycles. The Morgan fingerprint density at radius 1 is 1.26 bits per heavy atom. The van der Waals surface area contributed by atoms with Gasteiger partial charge in [-0.25, -0.2) is 9.78 Å². The molecular weight excluding hydrogens is 542 g/mol. The molecule has 14 nitrogen and oxygen atoms in total. The van der Waals surface area contributed by atoms with E-state index in [9.17, 15) is 24.0 Å². The summed E-state index contributed by atoms with van der Waals surface area (Å²) in [4.78, 5) is 71.7. The molecule has 1 aromatic heterocycles. The molecule has 1 aromatic rings. The van der Waals surface area contributed by atoms with Gasteiger partial charge in [0.1, 0.15) is 29.9 Å². The molecule has 2 aliphatic heterocycles. The Bertz CT molecular complexity index is 1170. The molecule has 0 radical (unpaired) electrons. The zero-order chi connectivity index (χ0) is 28.0. The van der Waals surface area contributed by atoms with Gasteiger partial charge in [0.25, 0.3) is 11.8 Å². The van der Waals surface area contributed by atoms with Gasteiger partial charge in [-0.2, -0.15) is 0 Å². The van der Waals surface area contributed by atoms with Gasteiger partial charge in [0.05, 0.1) is 12.0 Å². The first-order chi connectivity index (χ1) is 18.0. The fraction of sp³-hybridized carbons (Fsp3) is 0.500. The van der Waals surface area contributed by atoms with Crippen LogP contribution in [0.3, 0.4) is 0 Å². The largest absolute Gasteiger partial charge is 0.427 e. The number of fused-ring (bicyclic) bond motifs is 1. The van der Waals surface area contributed by atoms with Crippen LogP contribution in [0.25, 0.3) is 0 Å². The molecule has 0 spiro atoms. The predicted octanol–water partition coefficient (Wildman–Crippen LogP) is 0.452. The highest BCUT2D eigenvalue weighted by atomic mass is 32.2. The Morgan fingerprint density at radius 3 is 2.63 bits per heavy atom. The number of thioether (sulfide) groups is 1. The van der Waals surface area contributed by atoms with Crippen LogP contribution in [-0.2, 0) is 43.0 Å². The summed E-state index contributed by atoms with van der Waals surface area (Å²) in [5, 5.41) is 9.82. The molecular formula is C22H27N5O9S2. The maximum absolute atomic E-state index is 13.1. The van der Waals surface area contributed by atoms with Gasteiger partial charge in [-0.15, -0.1) is 23.1 Å². The zero-order valence-electron chi connectivity index (χ0n) is 21.3. The third-order valence-corrected chi connectivity index (χ3v) is 7.28. The van der Waals surface area contributed by atoms with Crippen molar-refractivity contribution >= 4 is 64.1 Å². The Morgan fingerprint density at radius 2 is 2.00 bits per heavy atom. The van der Waals surface area contributed by atoms with Crippen LogP contribution in [-0.4, -0.2) is 90.5 Å². The van der Waals surface area contributed by atoms with Crippen molar-refractivity contribution in [2.75, 3.05) is 38.7 Å². The Balaban J connectivity index is 1.73. The number of oxime groups is 1. The molecule has 2 atom stereocenters. The highest BCUT2D eigenvalue weighted by Crippen LogP contribution is 2.40. The van der Waals surface area contributed by atoms with E-state index in [-0.39, 0.29) is 28.8 Å². The number of ether oxygens (including phenoxy) is 3. The van der Waals surface area contributed by atoms with Crippen molar-refractivity contribution in [3.05, 3.63) is 22.3 Å². The number of nitrogens with zero attached hydrogens (tertiary/aromatic N) is 3. The van der Waals surface area contributed by atoms with E-state index < -0.39 is 47.4 Å². The lowest BCUT2D eigenvalue weighted by Gasteiger charge is -2.49. The molecule has 0 bridgehead atoms. The minimum Gasteiger partial charge on any atom is -0.427 e. The molecule has 2 N–H and O–H groups in total. The lowest BCUT2D eigenvalue weighted by molar-refractivity contribution is -0.173. The Hall–Kier alpha value is -3.50. The van der Waals surface area contributed by atoms with E-state index in [1.165, 1.54) is 36.3 Å². The van der Waals surface area contributed by atoms with Crippen LogP contribution in [0.2, 0.25) is 0 Å². The molecule has 38 heavy (non-hydrogen) atoms. The summed E-state index contributed by atoms with van der Waals surface area (Å²) in [6.45, 7) is 4.42. The first-order valence-electron chi connectivity index (χ1n) is 11.1. The van der Waals surface area contributed by atoms with Crippen LogP contribution >= 0.6 is 23.1 Å². The molecule has 0 saturated carbocycles. The number of rotatable bonds is 11. The van der Waals surface area contributed by atoms with E-state index in [1.807, 2.05) is 0 Å². The van der Waals surface area contributed by atoms with Crippen molar-refractivity contribution in [1.82, 2.24) is 15.2 Å². The number of nitrogens with one attached hydrogen (secondary N) is 2. The van der Waals surface area contributed by atoms with Crippen molar-refractivity contribution in [3.63, 3.8) is 0 Å². The van der Waals surface area contributed by atoms with Crippen LogP contribution in [0.5, 0.6) is 0 Å². The highest BCUT2D eigenvalue weighted by Gasteiger charge is 2.54. The maximum Gasteiger partial charge on any atom is 0.358 e.